The summed E-state index contributed by atoms with van der Waals surface area (Å²) in [5.74, 6) is 0. The third-order valence-electron chi connectivity index (χ3n) is 3.36. The molecule has 1 heterocycles. The maximum atomic E-state index is 12.5. The Bertz CT molecular complexity index is 589. The summed E-state index contributed by atoms with van der Waals surface area (Å²) in [5, 5.41) is 0. The number of carbonyl (C=O) groups excluding carboxylic acids is 1. The van der Waals surface area contributed by atoms with Crippen LogP contribution in [-0.2, 0) is 14.8 Å². The zero-order valence-corrected chi connectivity index (χ0v) is 11.6. The van der Waals surface area contributed by atoms with Crippen LogP contribution in [0.1, 0.15) is 26.2 Å². The summed E-state index contributed by atoms with van der Waals surface area (Å²) < 4.78 is 26.5. The van der Waals surface area contributed by atoms with Crippen molar-refractivity contribution in [3.63, 3.8) is 0 Å². The quantitative estimate of drug-likeness (QED) is 0.630. The van der Waals surface area contributed by atoms with E-state index in [1.165, 1.54) is 30.3 Å². The van der Waals surface area contributed by atoms with E-state index in [9.17, 15) is 13.2 Å². The summed E-state index contributed by atoms with van der Waals surface area (Å²) in [5.41, 5.74) is 0.403. The highest BCUT2D eigenvalue weighted by Gasteiger charge is 2.30. The minimum Gasteiger partial charge on any atom is -0.211 e. The lowest BCUT2D eigenvalue weighted by Gasteiger charge is -2.32. The molecule has 1 atom stereocenters. The second-order valence-electron chi connectivity index (χ2n) is 4.66. The molecule has 1 saturated heterocycles. The minimum absolute atomic E-state index is 0.0337. The molecule has 5 nitrogen and oxygen atoms in total. The summed E-state index contributed by atoms with van der Waals surface area (Å²) in [4.78, 5) is 13.8. The molecule has 19 heavy (non-hydrogen) atoms. The van der Waals surface area contributed by atoms with Crippen LogP contribution in [-0.4, -0.2) is 31.4 Å². The van der Waals surface area contributed by atoms with Crippen molar-refractivity contribution in [2.75, 3.05) is 6.54 Å². The molecule has 0 bridgehead atoms. The molecular formula is C13H16N2O3S. The largest absolute Gasteiger partial charge is 0.243 e. The average molecular weight is 280 g/mol. The molecule has 1 unspecified atom stereocenters. The van der Waals surface area contributed by atoms with Crippen molar-refractivity contribution in [3.8, 4) is 0 Å². The van der Waals surface area contributed by atoms with Crippen molar-refractivity contribution < 1.29 is 13.2 Å². The second-order valence-corrected chi connectivity index (χ2v) is 6.55. The zero-order valence-electron chi connectivity index (χ0n) is 10.7. The number of nitrogens with zero attached hydrogens (tertiary/aromatic N) is 2. The average Bonchev–Trinajstić information content (AvgIpc) is 2.40. The highest BCUT2D eigenvalue weighted by atomic mass is 32.2. The Hall–Kier alpha value is -1.49. The molecule has 1 aliphatic rings. The van der Waals surface area contributed by atoms with E-state index in [1.807, 2.05) is 6.92 Å². The van der Waals surface area contributed by atoms with E-state index < -0.39 is 10.0 Å². The van der Waals surface area contributed by atoms with E-state index in [4.69, 9.17) is 0 Å². The number of rotatable bonds is 3. The number of hydrogen-bond acceptors (Lipinski definition) is 4. The van der Waals surface area contributed by atoms with Gasteiger partial charge in [0.2, 0.25) is 16.1 Å². The smallest absolute Gasteiger partial charge is 0.211 e. The van der Waals surface area contributed by atoms with Crippen molar-refractivity contribution in [2.45, 2.75) is 37.1 Å². The van der Waals surface area contributed by atoms with Gasteiger partial charge in [-0.1, -0.05) is 6.42 Å². The van der Waals surface area contributed by atoms with Crippen molar-refractivity contribution in [1.82, 2.24) is 4.31 Å². The van der Waals surface area contributed by atoms with Crippen LogP contribution in [0.3, 0.4) is 0 Å². The third kappa shape index (κ3) is 2.92. The van der Waals surface area contributed by atoms with Gasteiger partial charge < -0.3 is 0 Å². The van der Waals surface area contributed by atoms with Gasteiger partial charge in [0.15, 0.2) is 0 Å². The Balaban J connectivity index is 2.30. The molecule has 0 saturated carbocycles. The molecule has 1 aromatic carbocycles. The second kappa shape index (κ2) is 5.65. The lowest BCUT2D eigenvalue weighted by atomic mass is 10.1. The first-order chi connectivity index (χ1) is 9.05. The Morgan fingerprint density at radius 2 is 1.95 bits per heavy atom. The Kier molecular flexibility index (Phi) is 4.14. The molecule has 102 valence electrons. The molecule has 0 aliphatic carbocycles. The first-order valence-corrected chi connectivity index (χ1v) is 7.69. The maximum Gasteiger partial charge on any atom is 0.243 e. The van der Waals surface area contributed by atoms with Gasteiger partial charge in [-0.2, -0.15) is 9.30 Å². The SMILES string of the molecule is CC1CCCCN1S(=O)(=O)c1ccc(N=C=O)cc1. The highest BCUT2D eigenvalue weighted by molar-refractivity contribution is 7.89. The fourth-order valence-corrected chi connectivity index (χ4v) is 4.01. The van der Waals surface area contributed by atoms with Gasteiger partial charge in [0.25, 0.3) is 0 Å². The van der Waals surface area contributed by atoms with E-state index >= 15 is 0 Å². The molecule has 0 radical (unpaired) electrons. The molecule has 1 aromatic rings. The lowest BCUT2D eigenvalue weighted by Crippen LogP contribution is -2.41. The first kappa shape index (κ1) is 13.9. The topological polar surface area (TPSA) is 66.8 Å². The number of isocyanates is 1. The summed E-state index contributed by atoms with van der Waals surface area (Å²) in [6.07, 6.45) is 4.29. The van der Waals surface area contributed by atoms with Crippen LogP contribution in [0.2, 0.25) is 0 Å². The Labute approximate surface area is 113 Å². The number of sulfonamides is 1. The predicted molar refractivity (Wildman–Crippen MR) is 71.4 cm³/mol. The fraction of sp³-hybridized carbons (Fsp3) is 0.462. The molecule has 0 spiro atoms. The highest BCUT2D eigenvalue weighted by Crippen LogP contribution is 2.26. The fourth-order valence-electron chi connectivity index (χ4n) is 2.31. The van der Waals surface area contributed by atoms with E-state index in [2.05, 4.69) is 4.99 Å². The number of hydrogen-bond donors (Lipinski definition) is 0. The van der Waals surface area contributed by atoms with E-state index in [0.717, 1.165) is 19.3 Å². The summed E-state index contributed by atoms with van der Waals surface area (Å²) in [7, 11) is -3.45. The Morgan fingerprint density at radius 1 is 1.26 bits per heavy atom. The monoisotopic (exact) mass is 280 g/mol. The standard InChI is InChI=1S/C13H16N2O3S/c1-11-4-2-3-9-15(11)19(17,18)13-7-5-12(6-8-13)14-10-16/h5-8,11H,2-4,9H2,1H3. The molecular weight excluding hydrogens is 264 g/mol. The molecule has 0 amide bonds. The van der Waals surface area contributed by atoms with Crippen LogP contribution < -0.4 is 0 Å². The van der Waals surface area contributed by atoms with E-state index in [1.54, 1.807) is 4.31 Å². The predicted octanol–water partition coefficient (Wildman–Crippen LogP) is 2.22. The van der Waals surface area contributed by atoms with Crippen molar-refractivity contribution >= 4 is 21.8 Å². The van der Waals surface area contributed by atoms with Gasteiger partial charge in [-0.25, -0.2) is 13.2 Å². The summed E-state index contributed by atoms with van der Waals surface area (Å²) >= 11 is 0. The van der Waals surface area contributed by atoms with Gasteiger partial charge in [-0.3, -0.25) is 0 Å². The van der Waals surface area contributed by atoms with Crippen LogP contribution in [0.4, 0.5) is 5.69 Å². The summed E-state index contributed by atoms with van der Waals surface area (Å²) in [6, 6.07) is 6.00. The van der Waals surface area contributed by atoms with Crippen LogP contribution >= 0.6 is 0 Å². The van der Waals surface area contributed by atoms with Gasteiger partial charge in [-0.05, 0) is 44.0 Å². The minimum atomic E-state index is -3.45. The number of benzene rings is 1. The van der Waals surface area contributed by atoms with Crippen LogP contribution in [0.15, 0.2) is 34.2 Å². The molecule has 1 aliphatic heterocycles. The number of aliphatic imine (C=N–C) groups is 1. The van der Waals surface area contributed by atoms with E-state index in [-0.39, 0.29) is 10.9 Å². The lowest BCUT2D eigenvalue weighted by molar-refractivity contribution is 0.268. The molecule has 0 aromatic heterocycles. The molecule has 2 rings (SSSR count). The van der Waals surface area contributed by atoms with Crippen LogP contribution in [0.25, 0.3) is 0 Å². The van der Waals surface area contributed by atoms with Gasteiger partial charge in [0.1, 0.15) is 0 Å². The van der Waals surface area contributed by atoms with Crippen LogP contribution in [0, 0.1) is 0 Å². The van der Waals surface area contributed by atoms with E-state index in [0.29, 0.717) is 12.2 Å². The Morgan fingerprint density at radius 3 is 2.53 bits per heavy atom. The molecule has 6 heteroatoms. The third-order valence-corrected chi connectivity index (χ3v) is 5.39. The van der Waals surface area contributed by atoms with Crippen molar-refractivity contribution in [3.05, 3.63) is 24.3 Å². The van der Waals surface area contributed by atoms with Gasteiger partial charge in [-0.15, -0.1) is 0 Å². The maximum absolute atomic E-state index is 12.5. The first-order valence-electron chi connectivity index (χ1n) is 6.25. The summed E-state index contributed by atoms with van der Waals surface area (Å²) in [6.45, 7) is 2.50. The zero-order chi connectivity index (χ0) is 13.9. The van der Waals surface area contributed by atoms with Gasteiger partial charge >= 0.3 is 0 Å². The van der Waals surface area contributed by atoms with Gasteiger partial charge in [0.05, 0.1) is 10.6 Å². The van der Waals surface area contributed by atoms with Crippen molar-refractivity contribution in [2.24, 2.45) is 4.99 Å². The normalized spacial score (nSPS) is 20.8. The molecule has 0 N–H and O–H groups in total. The number of piperidine rings is 1. The van der Waals surface area contributed by atoms with Gasteiger partial charge in [0, 0.05) is 12.6 Å². The molecule has 1 fully saturated rings. The van der Waals surface area contributed by atoms with Crippen molar-refractivity contribution in [1.29, 1.82) is 0 Å². The van der Waals surface area contributed by atoms with Crippen LogP contribution in [0.5, 0.6) is 0 Å².